The van der Waals surface area contributed by atoms with Gasteiger partial charge in [-0.05, 0) is 34.7 Å². The predicted molar refractivity (Wildman–Crippen MR) is 114 cm³/mol. The second-order valence-corrected chi connectivity index (χ2v) is 8.67. The number of benzene rings is 1. The largest absolute Gasteiger partial charge is 0.378 e. The topological polar surface area (TPSA) is 71.5 Å². The van der Waals surface area contributed by atoms with Crippen molar-refractivity contribution in [2.24, 2.45) is 0 Å². The average Bonchev–Trinajstić information content (AvgIpc) is 3.11. The molecule has 1 fully saturated rings. The summed E-state index contributed by atoms with van der Waals surface area (Å²) in [6.07, 6.45) is 0. The third-order valence-electron chi connectivity index (χ3n) is 3.71. The van der Waals surface area contributed by atoms with E-state index in [2.05, 4.69) is 32.9 Å². The molecule has 3 rings (SSSR count). The molecular weight excluding hydrogens is 485 g/mol. The predicted octanol–water partition coefficient (Wildman–Crippen LogP) is 2.95. The fraction of sp³-hybridized carbons (Fsp3) is 0.353. The van der Waals surface area contributed by atoms with Crippen LogP contribution in [0, 0.1) is 3.57 Å². The number of amides is 2. The first-order valence-corrected chi connectivity index (χ1v) is 11.2. The molecule has 0 saturated carbocycles. The summed E-state index contributed by atoms with van der Waals surface area (Å²) in [6.45, 7) is 2.44. The summed E-state index contributed by atoms with van der Waals surface area (Å²) < 4.78 is 6.39. The highest BCUT2D eigenvalue weighted by molar-refractivity contribution is 14.1. The van der Waals surface area contributed by atoms with E-state index in [1.54, 1.807) is 4.90 Å². The summed E-state index contributed by atoms with van der Waals surface area (Å²) in [6, 6.07) is 8.07. The number of aromatic nitrogens is 1. The van der Waals surface area contributed by atoms with Crippen LogP contribution in [0.15, 0.2) is 29.6 Å². The van der Waals surface area contributed by atoms with E-state index in [-0.39, 0.29) is 17.6 Å². The summed E-state index contributed by atoms with van der Waals surface area (Å²) in [7, 11) is 0. The van der Waals surface area contributed by atoms with Crippen LogP contribution < -0.4 is 5.32 Å². The third kappa shape index (κ3) is 5.66. The van der Waals surface area contributed by atoms with Crippen molar-refractivity contribution in [2.45, 2.75) is 0 Å². The highest BCUT2D eigenvalue weighted by Crippen LogP contribution is 2.25. The summed E-state index contributed by atoms with van der Waals surface area (Å²) in [4.78, 5) is 30.3. The summed E-state index contributed by atoms with van der Waals surface area (Å²) in [5.41, 5.74) is 1.87. The van der Waals surface area contributed by atoms with E-state index >= 15 is 0 Å². The zero-order valence-corrected chi connectivity index (χ0v) is 17.7. The number of hydrogen-bond acceptors (Lipinski definition) is 6. The first-order chi connectivity index (χ1) is 12.6. The lowest BCUT2D eigenvalue weighted by molar-refractivity contribution is -0.132. The Kier molecular flexibility index (Phi) is 7.29. The van der Waals surface area contributed by atoms with E-state index in [1.807, 2.05) is 29.6 Å². The lowest BCUT2D eigenvalue weighted by Crippen LogP contribution is -2.41. The maximum absolute atomic E-state index is 12.0. The molecule has 1 aromatic heterocycles. The maximum Gasteiger partial charge on any atom is 0.236 e. The fourth-order valence-corrected chi connectivity index (χ4v) is 4.19. The van der Waals surface area contributed by atoms with Crippen LogP contribution in [0.2, 0.25) is 0 Å². The van der Waals surface area contributed by atoms with Crippen molar-refractivity contribution < 1.29 is 14.3 Å². The molecule has 2 heterocycles. The highest BCUT2D eigenvalue weighted by atomic mass is 127. The van der Waals surface area contributed by atoms with Gasteiger partial charge >= 0.3 is 0 Å². The van der Waals surface area contributed by atoms with Gasteiger partial charge in [0.05, 0.1) is 30.4 Å². The van der Waals surface area contributed by atoms with E-state index in [4.69, 9.17) is 4.74 Å². The van der Waals surface area contributed by atoms with Crippen molar-refractivity contribution in [3.8, 4) is 11.3 Å². The average molecular weight is 503 g/mol. The van der Waals surface area contributed by atoms with Crippen LogP contribution in [-0.2, 0) is 14.3 Å². The van der Waals surface area contributed by atoms with Crippen LogP contribution in [0.25, 0.3) is 11.3 Å². The first kappa shape index (κ1) is 19.6. The van der Waals surface area contributed by atoms with Crippen molar-refractivity contribution in [2.75, 3.05) is 43.1 Å². The number of carbonyl (C=O) groups excluding carboxylic acids is 2. The standard InChI is InChI=1S/C17H18IN3O3S2/c18-13-3-1-12(2-4-13)14-9-26-17(19-14)20-15(22)10-25-11-16(23)21-5-7-24-8-6-21/h1-4,9H,5-8,10-11H2,(H,19,20,22). The summed E-state index contributed by atoms with van der Waals surface area (Å²) >= 11 is 4.97. The summed E-state index contributed by atoms with van der Waals surface area (Å²) in [5.74, 6) is 0.447. The molecule has 1 saturated heterocycles. The smallest absolute Gasteiger partial charge is 0.236 e. The van der Waals surface area contributed by atoms with Gasteiger partial charge in [0.1, 0.15) is 0 Å². The molecule has 0 atom stereocenters. The van der Waals surface area contributed by atoms with E-state index < -0.39 is 0 Å². The van der Waals surface area contributed by atoms with Crippen LogP contribution >= 0.6 is 45.7 Å². The number of carbonyl (C=O) groups is 2. The molecule has 0 radical (unpaired) electrons. The van der Waals surface area contributed by atoms with E-state index in [1.165, 1.54) is 26.7 Å². The van der Waals surface area contributed by atoms with Gasteiger partial charge in [-0.2, -0.15) is 0 Å². The van der Waals surface area contributed by atoms with E-state index in [9.17, 15) is 9.59 Å². The Morgan fingerprint density at radius 3 is 2.69 bits per heavy atom. The van der Waals surface area contributed by atoms with Gasteiger partial charge in [-0.15, -0.1) is 23.1 Å². The molecule has 9 heteroatoms. The van der Waals surface area contributed by atoms with Crippen molar-refractivity contribution in [1.29, 1.82) is 0 Å². The molecule has 0 spiro atoms. The van der Waals surface area contributed by atoms with Gasteiger partial charge in [0.25, 0.3) is 0 Å². The molecule has 0 unspecified atom stereocenters. The number of thiazole rings is 1. The number of thioether (sulfide) groups is 1. The maximum atomic E-state index is 12.0. The van der Waals surface area contributed by atoms with Crippen LogP contribution in [-0.4, -0.2) is 59.5 Å². The Hall–Kier alpha value is -1.17. The van der Waals surface area contributed by atoms with Crippen LogP contribution in [0.4, 0.5) is 5.13 Å². The van der Waals surface area contributed by atoms with Gasteiger partial charge in [0, 0.05) is 27.6 Å². The van der Waals surface area contributed by atoms with Gasteiger partial charge in [-0.3, -0.25) is 9.59 Å². The zero-order valence-electron chi connectivity index (χ0n) is 13.9. The minimum Gasteiger partial charge on any atom is -0.378 e. The van der Waals surface area contributed by atoms with Crippen molar-refractivity contribution in [3.05, 3.63) is 33.2 Å². The van der Waals surface area contributed by atoms with Gasteiger partial charge in [0.15, 0.2) is 5.13 Å². The molecule has 1 N–H and O–H groups in total. The molecule has 2 amide bonds. The fourth-order valence-electron chi connectivity index (χ4n) is 2.37. The highest BCUT2D eigenvalue weighted by Gasteiger charge is 2.17. The number of rotatable bonds is 6. The number of nitrogens with one attached hydrogen (secondary N) is 1. The minimum atomic E-state index is -0.145. The van der Waals surface area contributed by atoms with Crippen LogP contribution in [0.3, 0.4) is 0 Å². The molecular formula is C17H18IN3O3S2. The zero-order chi connectivity index (χ0) is 18.4. The number of morpholine rings is 1. The van der Waals surface area contributed by atoms with E-state index in [0.717, 1.165) is 11.3 Å². The number of hydrogen-bond donors (Lipinski definition) is 1. The first-order valence-electron chi connectivity index (χ1n) is 8.06. The molecule has 1 aromatic carbocycles. The Morgan fingerprint density at radius 1 is 1.23 bits per heavy atom. The second-order valence-electron chi connectivity index (χ2n) is 5.58. The molecule has 1 aliphatic rings. The SMILES string of the molecule is O=C(CSCC(=O)N1CCOCC1)Nc1nc(-c2ccc(I)cc2)cs1. The monoisotopic (exact) mass is 503 g/mol. The molecule has 2 aromatic rings. The summed E-state index contributed by atoms with van der Waals surface area (Å²) in [5, 5.41) is 5.29. The van der Waals surface area contributed by atoms with Crippen molar-refractivity contribution in [1.82, 2.24) is 9.88 Å². The van der Waals surface area contributed by atoms with Crippen molar-refractivity contribution in [3.63, 3.8) is 0 Å². The lowest BCUT2D eigenvalue weighted by atomic mass is 10.2. The molecule has 26 heavy (non-hydrogen) atoms. The van der Waals surface area contributed by atoms with Crippen molar-refractivity contribution >= 4 is 62.6 Å². The Labute approximate surface area is 173 Å². The van der Waals surface area contributed by atoms with Gasteiger partial charge in [0.2, 0.25) is 11.8 Å². The van der Waals surface area contributed by atoms with Crippen LogP contribution in [0.1, 0.15) is 0 Å². The second kappa shape index (κ2) is 9.67. The number of anilines is 1. The van der Waals surface area contributed by atoms with Gasteiger partial charge in [-0.25, -0.2) is 4.98 Å². The van der Waals surface area contributed by atoms with Gasteiger partial charge < -0.3 is 15.0 Å². The van der Waals surface area contributed by atoms with E-state index in [0.29, 0.717) is 37.2 Å². The van der Waals surface area contributed by atoms with Gasteiger partial charge in [-0.1, -0.05) is 12.1 Å². The number of halogens is 1. The molecule has 1 aliphatic heterocycles. The molecule has 138 valence electrons. The quantitative estimate of drug-likeness (QED) is 0.614. The molecule has 6 nitrogen and oxygen atoms in total. The Bertz CT molecular complexity index is 761. The third-order valence-corrected chi connectivity index (χ3v) is 6.11. The normalized spacial score (nSPS) is 14.3. The molecule has 0 bridgehead atoms. The number of nitrogens with zero attached hydrogens (tertiary/aromatic N) is 2. The molecule has 0 aliphatic carbocycles. The number of ether oxygens (including phenoxy) is 1. The Morgan fingerprint density at radius 2 is 1.96 bits per heavy atom. The van der Waals surface area contributed by atoms with Crippen LogP contribution in [0.5, 0.6) is 0 Å². The Balaban J connectivity index is 1.43. The lowest BCUT2D eigenvalue weighted by Gasteiger charge is -2.26. The minimum absolute atomic E-state index is 0.0568.